The molecule has 19 heavy (non-hydrogen) atoms. The maximum atomic E-state index is 12.1. The number of rotatable bonds is 4. The summed E-state index contributed by atoms with van der Waals surface area (Å²) in [7, 11) is 0. The summed E-state index contributed by atoms with van der Waals surface area (Å²) in [4.78, 5) is 16.0. The Labute approximate surface area is 114 Å². The molecule has 5 heteroatoms. The van der Waals surface area contributed by atoms with Crippen LogP contribution in [0.25, 0.3) is 0 Å². The summed E-state index contributed by atoms with van der Waals surface area (Å²) in [5, 5.41) is 2.98. The lowest BCUT2D eigenvalue weighted by atomic mass is 9.83. The molecule has 1 aliphatic carbocycles. The number of nitrogen functional groups attached to an aromatic ring is 1. The Balaban J connectivity index is 1.87. The zero-order chi connectivity index (χ0) is 13.7. The monoisotopic (exact) mass is 262 g/mol. The molecule has 1 aliphatic rings. The highest BCUT2D eigenvalue weighted by atomic mass is 16.1. The minimum atomic E-state index is -0.111. The fraction of sp³-hybridized carbons (Fsp3) is 0.571. The Morgan fingerprint density at radius 3 is 2.84 bits per heavy atom. The van der Waals surface area contributed by atoms with Crippen LogP contribution in [0, 0.1) is 11.8 Å². The molecule has 0 atom stereocenters. The van der Waals surface area contributed by atoms with Gasteiger partial charge < -0.3 is 10.7 Å². The second kappa shape index (κ2) is 6.52. The number of anilines is 1. The van der Waals surface area contributed by atoms with Gasteiger partial charge in [-0.05, 0) is 30.7 Å². The molecular weight excluding hydrogens is 240 g/mol. The zero-order valence-electron chi connectivity index (χ0n) is 11.4. The van der Waals surface area contributed by atoms with Crippen LogP contribution >= 0.6 is 0 Å². The van der Waals surface area contributed by atoms with Crippen molar-refractivity contribution in [2.24, 2.45) is 17.7 Å². The highest BCUT2D eigenvalue weighted by Crippen LogP contribution is 2.27. The summed E-state index contributed by atoms with van der Waals surface area (Å²) in [6, 6.07) is 1.69. The summed E-state index contributed by atoms with van der Waals surface area (Å²) < 4.78 is 0. The van der Waals surface area contributed by atoms with Crippen molar-refractivity contribution in [3.8, 4) is 0 Å². The summed E-state index contributed by atoms with van der Waals surface area (Å²) >= 11 is 0. The number of amides is 1. The van der Waals surface area contributed by atoms with Gasteiger partial charge in [0.05, 0.1) is 11.3 Å². The van der Waals surface area contributed by atoms with E-state index in [-0.39, 0.29) is 5.91 Å². The van der Waals surface area contributed by atoms with Crippen molar-refractivity contribution >= 4 is 11.6 Å². The highest BCUT2D eigenvalue weighted by molar-refractivity contribution is 5.99. The van der Waals surface area contributed by atoms with Gasteiger partial charge in [-0.1, -0.05) is 19.8 Å². The van der Waals surface area contributed by atoms with E-state index in [4.69, 9.17) is 5.84 Å². The van der Waals surface area contributed by atoms with Crippen molar-refractivity contribution in [2.75, 3.05) is 12.0 Å². The normalized spacial score (nSPS) is 22.8. The van der Waals surface area contributed by atoms with E-state index in [1.165, 1.54) is 31.9 Å². The van der Waals surface area contributed by atoms with Gasteiger partial charge in [-0.25, -0.2) is 0 Å². The molecule has 1 heterocycles. The van der Waals surface area contributed by atoms with E-state index < -0.39 is 0 Å². The van der Waals surface area contributed by atoms with Gasteiger partial charge in [0.25, 0.3) is 5.91 Å². The van der Waals surface area contributed by atoms with Crippen LogP contribution in [0.1, 0.15) is 43.0 Å². The number of nitrogens with one attached hydrogen (secondary N) is 2. The minimum absolute atomic E-state index is 0.111. The number of hydrogen-bond donors (Lipinski definition) is 3. The van der Waals surface area contributed by atoms with E-state index in [1.54, 1.807) is 12.3 Å². The molecule has 1 saturated carbocycles. The number of nitrogens with two attached hydrogens (primary N) is 1. The smallest absolute Gasteiger partial charge is 0.255 e. The summed E-state index contributed by atoms with van der Waals surface area (Å²) in [6.45, 7) is 3.04. The molecule has 0 unspecified atom stereocenters. The van der Waals surface area contributed by atoms with Crippen molar-refractivity contribution < 1.29 is 4.79 Å². The predicted octanol–water partition coefficient (Wildman–Crippen LogP) is 1.92. The van der Waals surface area contributed by atoms with Crippen molar-refractivity contribution in [1.29, 1.82) is 0 Å². The molecule has 1 aromatic heterocycles. The van der Waals surface area contributed by atoms with Gasteiger partial charge in [0.15, 0.2) is 0 Å². The van der Waals surface area contributed by atoms with Crippen LogP contribution in [0.5, 0.6) is 0 Å². The summed E-state index contributed by atoms with van der Waals surface area (Å²) in [5.41, 5.74) is 3.62. The van der Waals surface area contributed by atoms with Gasteiger partial charge in [-0.3, -0.25) is 15.6 Å². The first-order valence-corrected chi connectivity index (χ1v) is 6.89. The van der Waals surface area contributed by atoms with Crippen molar-refractivity contribution in [3.63, 3.8) is 0 Å². The number of aromatic nitrogens is 1. The Morgan fingerprint density at radius 2 is 2.16 bits per heavy atom. The van der Waals surface area contributed by atoms with Crippen molar-refractivity contribution in [1.82, 2.24) is 10.3 Å². The Bertz CT molecular complexity index is 427. The number of carbonyl (C=O) groups excluding carboxylic acids is 1. The number of hydrogen-bond acceptors (Lipinski definition) is 4. The molecule has 1 aromatic rings. The summed E-state index contributed by atoms with van der Waals surface area (Å²) in [6.07, 6.45) is 8.08. The molecule has 1 amide bonds. The molecule has 4 N–H and O–H groups in total. The van der Waals surface area contributed by atoms with Gasteiger partial charge >= 0.3 is 0 Å². The second-order valence-corrected chi connectivity index (χ2v) is 5.40. The third-order valence-electron chi connectivity index (χ3n) is 3.91. The van der Waals surface area contributed by atoms with Gasteiger partial charge in [0, 0.05) is 18.9 Å². The third kappa shape index (κ3) is 3.67. The van der Waals surface area contributed by atoms with E-state index in [0.29, 0.717) is 17.2 Å². The lowest BCUT2D eigenvalue weighted by Gasteiger charge is -2.26. The van der Waals surface area contributed by atoms with Crippen molar-refractivity contribution in [3.05, 3.63) is 24.0 Å². The average Bonchev–Trinajstić information content (AvgIpc) is 2.46. The zero-order valence-corrected chi connectivity index (χ0v) is 11.4. The summed E-state index contributed by atoms with van der Waals surface area (Å²) in [5.74, 6) is 6.71. The minimum Gasteiger partial charge on any atom is -0.352 e. The lowest BCUT2D eigenvalue weighted by Crippen LogP contribution is -2.31. The van der Waals surface area contributed by atoms with Crippen LogP contribution < -0.4 is 16.6 Å². The van der Waals surface area contributed by atoms with Gasteiger partial charge in [-0.15, -0.1) is 0 Å². The van der Waals surface area contributed by atoms with Gasteiger partial charge in [0.2, 0.25) is 0 Å². The second-order valence-electron chi connectivity index (χ2n) is 5.40. The molecule has 0 radical (unpaired) electrons. The first-order valence-electron chi connectivity index (χ1n) is 6.89. The molecule has 0 aliphatic heterocycles. The maximum absolute atomic E-state index is 12.1. The first-order chi connectivity index (χ1) is 9.20. The average molecular weight is 262 g/mol. The molecule has 0 spiro atoms. The number of carbonyl (C=O) groups is 1. The standard InChI is InChI=1S/C14H22N4O/c1-10-2-4-11(5-3-10)8-17-14(19)12-9-16-7-6-13(12)18-15/h6-7,9-11H,2-5,8,15H2,1H3,(H,16,18)(H,17,19). The molecule has 5 nitrogen and oxygen atoms in total. The van der Waals surface area contributed by atoms with E-state index in [0.717, 1.165) is 12.5 Å². The van der Waals surface area contributed by atoms with Crippen molar-refractivity contribution in [2.45, 2.75) is 32.6 Å². The fourth-order valence-electron chi connectivity index (χ4n) is 2.57. The third-order valence-corrected chi connectivity index (χ3v) is 3.91. The number of hydrazine groups is 1. The number of pyridine rings is 1. The molecule has 0 aromatic carbocycles. The van der Waals surface area contributed by atoms with E-state index in [9.17, 15) is 4.79 Å². The molecule has 0 bridgehead atoms. The molecule has 104 valence electrons. The van der Waals surface area contributed by atoms with E-state index in [1.807, 2.05) is 0 Å². The van der Waals surface area contributed by atoms with E-state index >= 15 is 0 Å². The van der Waals surface area contributed by atoms with Crippen LogP contribution in [0.3, 0.4) is 0 Å². The highest BCUT2D eigenvalue weighted by Gasteiger charge is 2.19. The predicted molar refractivity (Wildman–Crippen MR) is 75.5 cm³/mol. The Hall–Kier alpha value is -1.62. The van der Waals surface area contributed by atoms with Gasteiger partial charge in [-0.2, -0.15) is 0 Å². The largest absolute Gasteiger partial charge is 0.352 e. The van der Waals surface area contributed by atoms with Crippen LogP contribution in [0.2, 0.25) is 0 Å². The fourth-order valence-corrected chi connectivity index (χ4v) is 2.57. The van der Waals surface area contributed by atoms with Crippen LogP contribution in [0.4, 0.5) is 5.69 Å². The Morgan fingerprint density at radius 1 is 1.42 bits per heavy atom. The molecule has 2 rings (SSSR count). The SMILES string of the molecule is CC1CCC(CNC(=O)c2cnccc2NN)CC1. The molecular formula is C14H22N4O. The van der Waals surface area contributed by atoms with Gasteiger partial charge in [0.1, 0.15) is 0 Å². The van der Waals surface area contributed by atoms with Crippen LogP contribution in [-0.4, -0.2) is 17.4 Å². The first kappa shape index (κ1) is 13.8. The molecule has 0 saturated heterocycles. The topological polar surface area (TPSA) is 80.0 Å². The van der Waals surface area contributed by atoms with Crippen LogP contribution in [-0.2, 0) is 0 Å². The van der Waals surface area contributed by atoms with Crippen LogP contribution in [0.15, 0.2) is 18.5 Å². The van der Waals surface area contributed by atoms with E-state index in [2.05, 4.69) is 22.7 Å². The lowest BCUT2D eigenvalue weighted by molar-refractivity contribution is 0.0942. The Kier molecular flexibility index (Phi) is 4.74. The quantitative estimate of drug-likeness (QED) is 0.572. The maximum Gasteiger partial charge on any atom is 0.255 e. The molecule has 1 fully saturated rings. The number of nitrogens with zero attached hydrogens (tertiary/aromatic N) is 1.